The molecule has 0 spiro atoms. The van der Waals surface area contributed by atoms with Crippen LogP contribution in [0.5, 0.6) is 5.75 Å². The second-order valence-corrected chi connectivity index (χ2v) is 3.91. The maximum atomic E-state index is 13.7. The van der Waals surface area contributed by atoms with Crippen molar-refractivity contribution in [3.8, 4) is 5.75 Å². The minimum Gasteiger partial charge on any atom is -0.494 e. The Labute approximate surface area is 113 Å². The molecule has 0 bridgehead atoms. The standard InChI is InChI=1S/C13H11FN2O4/c1-19-11-4-6-7(13(18)20-2)3-10(12(15)17)16-9(6)5-8(11)14/h3-5H,1-2H3,(H2,15,17). The third kappa shape index (κ3) is 2.25. The quantitative estimate of drug-likeness (QED) is 0.853. The highest BCUT2D eigenvalue weighted by Gasteiger charge is 2.18. The van der Waals surface area contributed by atoms with Crippen LogP contribution in [-0.2, 0) is 4.74 Å². The molecule has 2 N–H and O–H groups in total. The average molecular weight is 278 g/mol. The lowest BCUT2D eigenvalue weighted by Gasteiger charge is -2.09. The van der Waals surface area contributed by atoms with Gasteiger partial charge in [0.1, 0.15) is 5.69 Å². The molecule has 0 unspecified atom stereocenters. The molecule has 2 rings (SSSR count). The van der Waals surface area contributed by atoms with Gasteiger partial charge in [-0.05, 0) is 12.1 Å². The Hall–Kier alpha value is -2.70. The topological polar surface area (TPSA) is 91.5 Å². The van der Waals surface area contributed by atoms with Crippen molar-refractivity contribution in [2.75, 3.05) is 14.2 Å². The van der Waals surface area contributed by atoms with Crippen LogP contribution in [0.15, 0.2) is 18.2 Å². The van der Waals surface area contributed by atoms with Gasteiger partial charge < -0.3 is 15.2 Å². The van der Waals surface area contributed by atoms with Crippen molar-refractivity contribution in [2.45, 2.75) is 0 Å². The summed E-state index contributed by atoms with van der Waals surface area (Å²) in [5, 5.41) is 0.306. The van der Waals surface area contributed by atoms with E-state index in [1.807, 2.05) is 0 Å². The van der Waals surface area contributed by atoms with Gasteiger partial charge in [0, 0.05) is 11.5 Å². The number of methoxy groups -OCH3 is 2. The van der Waals surface area contributed by atoms with E-state index < -0.39 is 17.7 Å². The Morgan fingerprint density at radius 2 is 1.95 bits per heavy atom. The summed E-state index contributed by atoms with van der Waals surface area (Å²) in [5.41, 5.74) is 5.16. The van der Waals surface area contributed by atoms with Crippen molar-refractivity contribution in [2.24, 2.45) is 5.73 Å². The Kier molecular flexibility index (Phi) is 3.51. The maximum Gasteiger partial charge on any atom is 0.338 e. The average Bonchev–Trinajstić information content (AvgIpc) is 2.44. The van der Waals surface area contributed by atoms with Crippen LogP contribution in [0.3, 0.4) is 0 Å². The lowest BCUT2D eigenvalue weighted by atomic mass is 10.1. The van der Waals surface area contributed by atoms with Crippen LogP contribution in [0.1, 0.15) is 20.8 Å². The summed E-state index contributed by atoms with van der Waals surface area (Å²) >= 11 is 0. The van der Waals surface area contributed by atoms with Gasteiger partial charge in [0.25, 0.3) is 5.91 Å². The minimum absolute atomic E-state index is 0.0451. The number of hydrogen-bond donors (Lipinski definition) is 1. The molecule has 0 saturated carbocycles. The van der Waals surface area contributed by atoms with E-state index in [9.17, 15) is 14.0 Å². The van der Waals surface area contributed by atoms with Gasteiger partial charge in [-0.3, -0.25) is 4.79 Å². The van der Waals surface area contributed by atoms with Crippen molar-refractivity contribution < 1.29 is 23.5 Å². The summed E-state index contributed by atoms with van der Waals surface area (Å²) in [5.74, 6) is -2.22. The van der Waals surface area contributed by atoms with Gasteiger partial charge in [-0.1, -0.05) is 0 Å². The van der Waals surface area contributed by atoms with Gasteiger partial charge in [0.05, 0.1) is 25.3 Å². The smallest absolute Gasteiger partial charge is 0.338 e. The van der Waals surface area contributed by atoms with Crippen molar-refractivity contribution in [3.05, 3.63) is 35.3 Å². The van der Waals surface area contributed by atoms with E-state index in [4.69, 9.17) is 10.5 Å². The molecular weight excluding hydrogens is 267 g/mol. The SMILES string of the molecule is COC(=O)c1cc(C(N)=O)nc2cc(F)c(OC)cc12. The predicted octanol–water partition coefficient (Wildman–Crippen LogP) is 1.27. The first-order valence-corrected chi connectivity index (χ1v) is 5.54. The van der Waals surface area contributed by atoms with Crippen LogP contribution in [0.25, 0.3) is 10.9 Å². The number of amides is 1. The number of aromatic nitrogens is 1. The molecule has 0 saturated heterocycles. The van der Waals surface area contributed by atoms with E-state index in [2.05, 4.69) is 9.72 Å². The lowest BCUT2D eigenvalue weighted by molar-refractivity contribution is 0.0603. The summed E-state index contributed by atoms with van der Waals surface area (Å²) < 4.78 is 23.2. The van der Waals surface area contributed by atoms with Gasteiger partial charge in [-0.2, -0.15) is 0 Å². The van der Waals surface area contributed by atoms with Crippen molar-refractivity contribution in [1.82, 2.24) is 4.98 Å². The third-order valence-corrected chi connectivity index (χ3v) is 2.74. The maximum absolute atomic E-state index is 13.7. The fourth-order valence-corrected chi connectivity index (χ4v) is 1.79. The predicted molar refractivity (Wildman–Crippen MR) is 68.1 cm³/mol. The summed E-state index contributed by atoms with van der Waals surface area (Å²) in [6, 6.07) is 3.58. The molecular formula is C13H11FN2O4. The highest BCUT2D eigenvalue weighted by Crippen LogP contribution is 2.27. The summed E-state index contributed by atoms with van der Waals surface area (Å²) in [7, 11) is 2.49. The first-order chi connectivity index (χ1) is 9.47. The van der Waals surface area contributed by atoms with Crippen LogP contribution in [0.2, 0.25) is 0 Å². The van der Waals surface area contributed by atoms with Gasteiger partial charge in [0.2, 0.25) is 0 Å². The number of halogens is 1. The summed E-state index contributed by atoms with van der Waals surface area (Å²) in [6.07, 6.45) is 0. The number of esters is 1. The normalized spacial score (nSPS) is 10.3. The van der Waals surface area contributed by atoms with Crippen molar-refractivity contribution in [1.29, 1.82) is 0 Å². The van der Waals surface area contributed by atoms with E-state index in [-0.39, 0.29) is 22.5 Å². The molecule has 20 heavy (non-hydrogen) atoms. The molecule has 7 heteroatoms. The van der Waals surface area contributed by atoms with Crippen LogP contribution < -0.4 is 10.5 Å². The zero-order valence-electron chi connectivity index (χ0n) is 10.8. The zero-order chi connectivity index (χ0) is 14.9. The van der Waals surface area contributed by atoms with E-state index in [1.165, 1.54) is 26.4 Å². The number of nitrogens with two attached hydrogens (primary N) is 1. The zero-order valence-corrected chi connectivity index (χ0v) is 10.8. The molecule has 1 aromatic heterocycles. The Morgan fingerprint density at radius 3 is 2.50 bits per heavy atom. The fraction of sp³-hybridized carbons (Fsp3) is 0.154. The number of carbonyl (C=O) groups is 2. The second-order valence-electron chi connectivity index (χ2n) is 3.91. The highest BCUT2D eigenvalue weighted by molar-refractivity contribution is 6.06. The second kappa shape index (κ2) is 5.12. The summed E-state index contributed by atoms with van der Waals surface area (Å²) in [6.45, 7) is 0. The molecule has 0 fully saturated rings. The van der Waals surface area contributed by atoms with Crippen molar-refractivity contribution >= 4 is 22.8 Å². The molecule has 0 radical (unpaired) electrons. The molecule has 0 aliphatic carbocycles. The largest absolute Gasteiger partial charge is 0.494 e. The molecule has 1 aromatic carbocycles. The number of benzene rings is 1. The molecule has 1 heterocycles. The highest BCUT2D eigenvalue weighted by atomic mass is 19.1. The number of carbonyl (C=O) groups excluding carboxylic acids is 2. The third-order valence-electron chi connectivity index (χ3n) is 2.74. The number of hydrogen-bond acceptors (Lipinski definition) is 5. The molecule has 0 atom stereocenters. The molecule has 0 aliphatic heterocycles. The van der Waals surface area contributed by atoms with Gasteiger partial charge in [-0.25, -0.2) is 14.2 Å². The summed E-state index contributed by atoms with van der Waals surface area (Å²) in [4.78, 5) is 26.9. The first-order valence-electron chi connectivity index (χ1n) is 5.54. The van der Waals surface area contributed by atoms with E-state index >= 15 is 0 Å². The minimum atomic E-state index is -0.826. The lowest BCUT2D eigenvalue weighted by Crippen LogP contribution is -2.15. The number of rotatable bonds is 3. The first kappa shape index (κ1) is 13.7. The Bertz CT molecular complexity index is 715. The molecule has 2 aromatic rings. The van der Waals surface area contributed by atoms with E-state index in [1.54, 1.807) is 0 Å². The van der Waals surface area contributed by atoms with Crippen molar-refractivity contribution in [3.63, 3.8) is 0 Å². The van der Waals surface area contributed by atoms with Crippen LogP contribution in [-0.4, -0.2) is 31.1 Å². The van der Waals surface area contributed by atoms with Crippen LogP contribution >= 0.6 is 0 Å². The van der Waals surface area contributed by atoms with Gasteiger partial charge >= 0.3 is 5.97 Å². The number of primary amides is 1. The number of nitrogens with zero attached hydrogens (tertiary/aromatic N) is 1. The van der Waals surface area contributed by atoms with Gasteiger partial charge in [-0.15, -0.1) is 0 Å². The molecule has 6 nitrogen and oxygen atoms in total. The Balaban J connectivity index is 2.84. The monoisotopic (exact) mass is 278 g/mol. The van der Waals surface area contributed by atoms with Crippen LogP contribution in [0.4, 0.5) is 4.39 Å². The molecule has 1 amide bonds. The number of pyridine rings is 1. The number of ether oxygens (including phenoxy) is 2. The Morgan fingerprint density at radius 1 is 1.25 bits per heavy atom. The molecule has 0 aliphatic rings. The van der Waals surface area contributed by atoms with E-state index in [0.717, 1.165) is 6.07 Å². The molecule has 104 valence electrons. The van der Waals surface area contributed by atoms with Gasteiger partial charge in [0.15, 0.2) is 11.6 Å². The fourth-order valence-electron chi connectivity index (χ4n) is 1.79. The van der Waals surface area contributed by atoms with Crippen LogP contribution in [0, 0.1) is 5.82 Å². The van der Waals surface area contributed by atoms with E-state index in [0.29, 0.717) is 5.39 Å². The number of fused-ring (bicyclic) bond motifs is 1.